The quantitative estimate of drug-likeness (QED) is 0.0388. The molecule has 1 amide bonds. The first-order valence-electron chi connectivity index (χ1n) is 31.4. The molecular formula is C81H62Cl2FNO11S4. The second-order valence-corrected chi connectivity index (χ2v) is 27.0. The van der Waals surface area contributed by atoms with E-state index in [0.717, 1.165) is 17.5 Å². The summed E-state index contributed by atoms with van der Waals surface area (Å²) in [6.07, 6.45) is 2.07. The molecule has 502 valence electrons. The molecule has 0 saturated heterocycles. The highest BCUT2D eigenvalue weighted by molar-refractivity contribution is 7.13. The van der Waals surface area contributed by atoms with Crippen molar-refractivity contribution in [2.45, 2.75) is 44.8 Å². The third-order valence-electron chi connectivity index (χ3n) is 15.5. The number of rotatable bonds is 22. The maximum Gasteiger partial charge on any atom is 0.339 e. The summed E-state index contributed by atoms with van der Waals surface area (Å²) in [7, 11) is 0. The molecule has 0 aliphatic heterocycles. The Morgan fingerprint density at radius 1 is 0.420 bits per heavy atom. The third kappa shape index (κ3) is 19.7. The van der Waals surface area contributed by atoms with Crippen LogP contribution in [-0.4, -0.2) is 66.2 Å². The van der Waals surface area contributed by atoms with Crippen molar-refractivity contribution in [3.8, 4) is 0 Å². The van der Waals surface area contributed by atoms with Crippen LogP contribution in [0.15, 0.2) is 264 Å². The summed E-state index contributed by atoms with van der Waals surface area (Å²) in [5.41, 5.74) is 7.72. The number of ether oxygens (including phenoxy) is 3. The lowest BCUT2D eigenvalue weighted by atomic mass is 10.0. The third-order valence-corrected chi connectivity index (χ3v) is 19.9. The molecule has 13 rings (SSSR count). The maximum absolute atomic E-state index is 12.9. The van der Waals surface area contributed by atoms with Crippen LogP contribution in [0.3, 0.4) is 0 Å². The summed E-state index contributed by atoms with van der Waals surface area (Å²) in [5, 5.41) is 11.2. The Morgan fingerprint density at radius 2 is 0.820 bits per heavy atom. The van der Waals surface area contributed by atoms with E-state index >= 15 is 0 Å². The van der Waals surface area contributed by atoms with Crippen molar-refractivity contribution < 1.29 is 57.0 Å². The van der Waals surface area contributed by atoms with Crippen LogP contribution in [0.25, 0.3) is 0 Å². The smallest absolute Gasteiger partial charge is 0.339 e. The highest BCUT2D eigenvalue weighted by Crippen LogP contribution is 2.41. The normalized spacial score (nSPS) is 12.5. The molecule has 4 aromatic heterocycles. The van der Waals surface area contributed by atoms with Gasteiger partial charge in [-0.1, -0.05) is 205 Å². The van der Waals surface area contributed by atoms with E-state index in [-0.39, 0.29) is 71.8 Å². The molecule has 12 nitrogen and oxygen atoms in total. The summed E-state index contributed by atoms with van der Waals surface area (Å²) in [6, 6.07) is 70.9. The van der Waals surface area contributed by atoms with Gasteiger partial charge >= 0.3 is 17.9 Å². The highest BCUT2D eigenvalue weighted by atomic mass is 35.5. The molecule has 0 radical (unpaired) electrons. The van der Waals surface area contributed by atoms with Crippen LogP contribution < -0.4 is 5.32 Å². The maximum atomic E-state index is 12.9. The Hall–Kier alpha value is -10.4. The minimum Gasteiger partial charge on any atom is -0.462 e. The first kappa shape index (κ1) is 72.4. The average Bonchev–Trinajstić information content (AvgIpc) is 1.62. The van der Waals surface area contributed by atoms with E-state index < -0.39 is 17.9 Å². The molecule has 12 aromatic rings. The molecule has 1 fully saturated rings. The Labute approximate surface area is 603 Å². The molecule has 2 atom stereocenters. The molecule has 4 heterocycles. The lowest BCUT2D eigenvalue weighted by molar-refractivity contribution is 0.0467. The van der Waals surface area contributed by atoms with Crippen LogP contribution in [0, 0.1) is 12.7 Å². The number of halogens is 3. The van der Waals surface area contributed by atoms with Gasteiger partial charge in [0, 0.05) is 52.6 Å². The molecule has 19 heteroatoms. The van der Waals surface area contributed by atoms with Crippen molar-refractivity contribution in [2.24, 2.45) is 0 Å². The summed E-state index contributed by atoms with van der Waals surface area (Å²) < 4.78 is 28.9. The zero-order valence-corrected chi connectivity index (χ0v) is 58.3. The Bertz CT molecular complexity index is 4790. The van der Waals surface area contributed by atoms with Gasteiger partial charge in [0.1, 0.15) is 12.4 Å². The molecule has 0 spiro atoms. The summed E-state index contributed by atoms with van der Waals surface area (Å²) in [6.45, 7) is 2.44. The van der Waals surface area contributed by atoms with Crippen molar-refractivity contribution in [3.63, 3.8) is 0 Å². The van der Waals surface area contributed by atoms with Gasteiger partial charge in [-0.15, -0.1) is 45.3 Å². The Kier molecular flexibility index (Phi) is 26.0. The number of carbonyl (C=O) groups is 8. The van der Waals surface area contributed by atoms with Crippen LogP contribution >= 0.6 is 68.5 Å². The number of ketones is 4. The largest absolute Gasteiger partial charge is 0.462 e. The van der Waals surface area contributed by atoms with Gasteiger partial charge in [-0.2, -0.15) is 0 Å². The molecular weight excluding hydrogens is 1380 g/mol. The van der Waals surface area contributed by atoms with Crippen LogP contribution in [0.5, 0.6) is 0 Å². The van der Waals surface area contributed by atoms with Crippen LogP contribution in [0.2, 0.25) is 10.0 Å². The van der Waals surface area contributed by atoms with E-state index in [2.05, 4.69) is 23.5 Å². The van der Waals surface area contributed by atoms with E-state index in [0.29, 0.717) is 87.3 Å². The number of aryl methyl sites for hydroxylation is 1. The van der Waals surface area contributed by atoms with Gasteiger partial charge in [0.2, 0.25) is 23.1 Å². The van der Waals surface area contributed by atoms with E-state index in [1.54, 1.807) is 164 Å². The van der Waals surface area contributed by atoms with Gasteiger partial charge in [0.25, 0.3) is 5.91 Å². The van der Waals surface area contributed by atoms with Gasteiger partial charge in [0.15, 0.2) is 0 Å². The minimum atomic E-state index is -0.587. The summed E-state index contributed by atoms with van der Waals surface area (Å²) >= 11 is 17.5. The second kappa shape index (κ2) is 35.9. The Balaban J connectivity index is 0.000000144. The molecule has 8 aromatic carbocycles. The highest BCUT2D eigenvalue weighted by Gasteiger charge is 2.40. The van der Waals surface area contributed by atoms with E-state index in [1.165, 1.54) is 68.6 Å². The topological polar surface area (TPSA) is 176 Å². The molecule has 1 saturated carbocycles. The van der Waals surface area contributed by atoms with Crippen molar-refractivity contribution in [1.29, 1.82) is 0 Å². The summed E-state index contributed by atoms with van der Waals surface area (Å²) in [5.74, 6) is -2.36. The van der Waals surface area contributed by atoms with Crippen molar-refractivity contribution >= 4 is 115 Å². The number of hydrogen-bond donors (Lipinski definition) is 1. The number of carbonyl (C=O) groups excluding carboxylic acids is 8. The zero-order valence-electron chi connectivity index (χ0n) is 53.6. The van der Waals surface area contributed by atoms with Crippen LogP contribution in [0.1, 0.15) is 143 Å². The Morgan fingerprint density at radius 3 is 1.26 bits per heavy atom. The number of amides is 1. The SMILES string of the molecule is Cc1cccc(CCOC(=O)c2ccccc2C(=O)c2cccs2)c1.O=C(NC1CC1c1ccccc1)c1ccccc1C(=O)c1cccs1.O=C(OCCc1ccc(F)cc1)c1ccccc1C(=O)c1cccs1.O=C(OCc1cccc(Cl)c1Cl)c1ccccc1C(=O)c1cccs1. The lowest BCUT2D eigenvalue weighted by Gasteiger charge is -2.10. The van der Waals surface area contributed by atoms with Crippen LogP contribution in [0.4, 0.5) is 4.39 Å². The fourth-order valence-corrected chi connectivity index (χ4v) is 13.5. The van der Waals surface area contributed by atoms with E-state index in [4.69, 9.17) is 37.4 Å². The van der Waals surface area contributed by atoms with Crippen molar-refractivity contribution in [3.05, 3.63) is 372 Å². The lowest BCUT2D eigenvalue weighted by Crippen LogP contribution is -2.28. The van der Waals surface area contributed by atoms with E-state index in [9.17, 15) is 42.7 Å². The molecule has 1 aliphatic carbocycles. The standard InChI is InChI=1S/C21H17NO2S.C21H18O3S.C20H15FO3S.C19H12Cl2O3S/c23-20(19-11-6-12-25-19)15-9-4-5-10-16(15)21(24)22-18-13-17(18)14-7-2-1-3-8-14;1-15-6-4-7-16(14-15)11-12-24-21(23)18-9-3-2-8-17(18)20(22)19-10-5-13-25-19;21-15-9-7-14(8-10-15)11-12-24-20(23)17-5-2-1-4-16(17)19(22)18-6-3-13-25-18;20-15-8-3-5-12(17(15)21)11-24-19(23)14-7-2-1-6-13(14)18(22)16-9-4-10-25-16/h1-12,17-18H,13H2,(H,22,24);2-10,13-14H,11-12H2,1H3;1-10,13H,11-12H2;1-10H,11H2. The predicted octanol–water partition coefficient (Wildman–Crippen LogP) is 19.1. The predicted molar refractivity (Wildman–Crippen MR) is 393 cm³/mol. The molecule has 100 heavy (non-hydrogen) atoms. The van der Waals surface area contributed by atoms with Crippen LogP contribution in [-0.2, 0) is 33.7 Å². The first-order valence-corrected chi connectivity index (χ1v) is 35.7. The van der Waals surface area contributed by atoms with Gasteiger partial charge in [-0.3, -0.25) is 24.0 Å². The number of thiophene rings is 4. The van der Waals surface area contributed by atoms with Crippen molar-refractivity contribution in [1.82, 2.24) is 5.32 Å². The fourth-order valence-electron chi connectivity index (χ4n) is 10.4. The van der Waals surface area contributed by atoms with Crippen molar-refractivity contribution in [2.75, 3.05) is 13.2 Å². The molecule has 1 N–H and O–H groups in total. The van der Waals surface area contributed by atoms with Gasteiger partial charge < -0.3 is 19.5 Å². The average molecular weight is 1440 g/mol. The minimum absolute atomic E-state index is 0.0280. The number of esters is 3. The fraction of sp³-hybridized carbons (Fsp3) is 0.111. The zero-order chi connectivity index (χ0) is 70.3. The molecule has 1 aliphatic rings. The molecule has 2 unspecified atom stereocenters. The number of benzene rings is 8. The van der Waals surface area contributed by atoms with E-state index in [1.807, 2.05) is 77.0 Å². The second-order valence-electron chi connectivity index (χ2n) is 22.4. The van der Waals surface area contributed by atoms with Gasteiger partial charge in [-0.25, -0.2) is 18.8 Å². The number of nitrogens with one attached hydrogen (secondary N) is 1. The molecule has 0 bridgehead atoms. The summed E-state index contributed by atoms with van der Waals surface area (Å²) in [4.78, 5) is 103. The first-order chi connectivity index (χ1) is 48.6. The van der Waals surface area contributed by atoms with Gasteiger partial charge in [0.05, 0.1) is 65.0 Å². The monoisotopic (exact) mass is 1440 g/mol. The number of hydrogen-bond acceptors (Lipinski definition) is 15. The van der Waals surface area contributed by atoms with Gasteiger partial charge in [-0.05, 0) is 118 Å².